The van der Waals surface area contributed by atoms with Gasteiger partial charge in [-0.3, -0.25) is 9.80 Å². The van der Waals surface area contributed by atoms with Gasteiger partial charge in [-0.2, -0.15) is 0 Å². The van der Waals surface area contributed by atoms with Gasteiger partial charge >= 0.3 is 0 Å². The summed E-state index contributed by atoms with van der Waals surface area (Å²) in [5.41, 5.74) is 0. The predicted octanol–water partition coefficient (Wildman–Crippen LogP) is 0.377. The van der Waals surface area contributed by atoms with E-state index in [1.807, 2.05) is 7.05 Å². The first-order valence-corrected chi connectivity index (χ1v) is 8.70. The molecule has 130 valence electrons. The summed E-state index contributed by atoms with van der Waals surface area (Å²) >= 11 is 0. The Hall–Kier alpha value is -1.02. The Kier molecular flexibility index (Phi) is 5.63. The third kappa shape index (κ3) is 4.73. The lowest BCUT2D eigenvalue weighted by atomic mass is 9.85. The van der Waals surface area contributed by atoms with Crippen molar-refractivity contribution in [1.82, 2.24) is 24.9 Å². The number of piperazine rings is 1. The van der Waals surface area contributed by atoms with Gasteiger partial charge in [-0.05, 0) is 26.9 Å². The standard InChI is InChI=1S/C16H29N5O2/c1-19-6-8-21(9-7-19)11-14(22)10-20(2)12-15-17-18-16(23-15)13-4-3-5-13/h13-14,22H,3-12H2,1-2H3. The Morgan fingerprint density at radius 2 is 2.00 bits per heavy atom. The van der Waals surface area contributed by atoms with Gasteiger partial charge in [-0.15, -0.1) is 10.2 Å². The van der Waals surface area contributed by atoms with Gasteiger partial charge in [0.15, 0.2) is 0 Å². The number of hydrogen-bond donors (Lipinski definition) is 1. The fourth-order valence-corrected chi connectivity index (χ4v) is 3.19. The monoisotopic (exact) mass is 323 g/mol. The lowest BCUT2D eigenvalue weighted by Gasteiger charge is -2.34. The summed E-state index contributed by atoms with van der Waals surface area (Å²) in [5.74, 6) is 1.92. The van der Waals surface area contributed by atoms with Crippen molar-refractivity contribution < 1.29 is 9.52 Å². The summed E-state index contributed by atoms with van der Waals surface area (Å²) in [7, 11) is 4.13. The third-order valence-electron chi connectivity index (χ3n) is 4.93. The van der Waals surface area contributed by atoms with Crippen molar-refractivity contribution in [2.45, 2.75) is 37.8 Å². The van der Waals surface area contributed by atoms with E-state index >= 15 is 0 Å². The molecule has 1 saturated heterocycles. The molecule has 1 saturated carbocycles. The maximum absolute atomic E-state index is 10.3. The summed E-state index contributed by atoms with van der Waals surface area (Å²) in [6.07, 6.45) is 3.25. The molecule has 0 aromatic carbocycles. The predicted molar refractivity (Wildman–Crippen MR) is 87.2 cm³/mol. The molecule has 1 aliphatic heterocycles. The molecular formula is C16H29N5O2. The zero-order valence-electron chi connectivity index (χ0n) is 14.3. The number of aliphatic hydroxyl groups excluding tert-OH is 1. The average Bonchev–Trinajstić information content (AvgIpc) is 2.87. The van der Waals surface area contributed by atoms with E-state index in [1.54, 1.807) is 0 Å². The fourth-order valence-electron chi connectivity index (χ4n) is 3.19. The van der Waals surface area contributed by atoms with Crippen LogP contribution in [-0.2, 0) is 6.54 Å². The molecule has 1 atom stereocenters. The lowest BCUT2D eigenvalue weighted by molar-refractivity contribution is 0.0576. The van der Waals surface area contributed by atoms with Crippen LogP contribution in [0, 0.1) is 0 Å². The zero-order valence-corrected chi connectivity index (χ0v) is 14.3. The molecular weight excluding hydrogens is 294 g/mol. The molecule has 1 aliphatic carbocycles. The molecule has 0 spiro atoms. The quantitative estimate of drug-likeness (QED) is 0.778. The smallest absolute Gasteiger partial charge is 0.230 e. The van der Waals surface area contributed by atoms with E-state index in [9.17, 15) is 5.11 Å². The van der Waals surface area contributed by atoms with E-state index in [4.69, 9.17) is 4.42 Å². The molecule has 0 amide bonds. The fraction of sp³-hybridized carbons (Fsp3) is 0.875. The minimum absolute atomic E-state index is 0.350. The van der Waals surface area contributed by atoms with Crippen LogP contribution in [0.3, 0.4) is 0 Å². The highest BCUT2D eigenvalue weighted by Crippen LogP contribution is 2.35. The van der Waals surface area contributed by atoms with E-state index in [1.165, 1.54) is 19.3 Å². The van der Waals surface area contributed by atoms with Crippen LogP contribution < -0.4 is 0 Å². The first-order valence-electron chi connectivity index (χ1n) is 8.70. The second-order valence-corrected chi connectivity index (χ2v) is 7.12. The Morgan fingerprint density at radius 3 is 2.65 bits per heavy atom. The van der Waals surface area contributed by atoms with Crippen molar-refractivity contribution in [2.75, 3.05) is 53.4 Å². The molecule has 23 heavy (non-hydrogen) atoms. The molecule has 7 nitrogen and oxygen atoms in total. The second-order valence-electron chi connectivity index (χ2n) is 7.12. The first-order chi connectivity index (χ1) is 11.1. The van der Waals surface area contributed by atoms with E-state index in [0.717, 1.165) is 38.6 Å². The first kappa shape index (κ1) is 16.8. The number of β-amino-alcohol motifs (C(OH)–C–C–N with tert-alkyl or cyclic N) is 1. The second kappa shape index (κ2) is 7.70. The summed E-state index contributed by atoms with van der Waals surface area (Å²) in [5, 5.41) is 18.6. The molecule has 1 aromatic rings. The lowest BCUT2D eigenvalue weighted by Crippen LogP contribution is -2.48. The normalized spacial score (nSPS) is 22.4. The highest BCUT2D eigenvalue weighted by molar-refractivity contribution is 4.96. The van der Waals surface area contributed by atoms with Crippen molar-refractivity contribution in [2.24, 2.45) is 0 Å². The Morgan fingerprint density at radius 1 is 1.26 bits per heavy atom. The van der Waals surface area contributed by atoms with Crippen LogP contribution in [0.15, 0.2) is 4.42 Å². The van der Waals surface area contributed by atoms with Gasteiger partial charge < -0.3 is 14.4 Å². The van der Waals surface area contributed by atoms with Crippen LogP contribution >= 0.6 is 0 Å². The number of aliphatic hydroxyl groups is 1. The van der Waals surface area contributed by atoms with E-state index < -0.39 is 0 Å². The molecule has 3 rings (SSSR count). The number of likely N-dealkylation sites (N-methyl/N-ethyl adjacent to an activating group) is 2. The van der Waals surface area contributed by atoms with Crippen LogP contribution in [0.1, 0.15) is 37.0 Å². The van der Waals surface area contributed by atoms with Crippen LogP contribution in [0.25, 0.3) is 0 Å². The van der Waals surface area contributed by atoms with E-state index in [0.29, 0.717) is 24.9 Å². The van der Waals surface area contributed by atoms with Gasteiger partial charge in [0, 0.05) is 45.2 Å². The molecule has 2 aliphatic rings. The van der Waals surface area contributed by atoms with Crippen molar-refractivity contribution in [3.05, 3.63) is 11.8 Å². The number of rotatable bonds is 7. The molecule has 2 heterocycles. The van der Waals surface area contributed by atoms with Crippen LogP contribution in [0.5, 0.6) is 0 Å². The number of aromatic nitrogens is 2. The summed E-state index contributed by atoms with van der Waals surface area (Å²) in [6.45, 7) is 6.17. The molecule has 0 radical (unpaired) electrons. The molecule has 1 unspecified atom stereocenters. The minimum Gasteiger partial charge on any atom is -0.424 e. The number of hydrogen-bond acceptors (Lipinski definition) is 7. The molecule has 2 fully saturated rings. The molecule has 7 heteroatoms. The molecule has 0 bridgehead atoms. The summed E-state index contributed by atoms with van der Waals surface area (Å²) in [6, 6.07) is 0. The topological polar surface area (TPSA) is 68.9 Å². The Labute approximate surface area is 138 Å². The summed E-state index contributed by atoms with van der Waals surface area (Å²) < 4.78 is 5.74. The average molecular weight is 323 g/mol. The number of nitrogens with zero attached hydrogens (tertiary/aromatic N) is 5. The molecule has 1 N–H and O–H groups in total. The Balaban J connectivity index is 1.39. The van der Waals surface area contributed by atoms with Crippen LogP contribution in [-0.4, -0.2) is 89.5 Å². The third-order valence-corrected chi connectivity index (χ3v) is 4.93. The summed E-state index contributed by atoms with van der Waals surface area (Å²) in [4.78, 5) is 6.71. The molecule has 1 aromatic heterocycles. The van der Waals surface area contributed by atoms with Gasteiger partial charge in [0.2, 0.25) is 11.8 Å². The van der Waals surface area contributed by atoms with Crippen molar-refractivity contribution >= 4 is 0 Å². The highest BCUT2D eigenvalue weighted by atomic mass is 16.4. The van der Waals surface area contributed by atoms with Crippen molar-refractivity contribution in [1.29, 1.82) is 0 Å². The van der Waals surface area contributed by atoms with Gasteiger partial charge in [0.25, 0.3) is 0 Å². The van der Waals surface area contributed by atoms with Crippen LogP contribution in [0.4, 0.5) is 0 Å². The van der Waals surface area contributed by atoms with E-state index in [2.05, 4.69) is 31.9 Å². The Bertz CT molecular complexity index is 483. The van der Waals surface area contributed by atoms with Gasteiger partial charge in [0.1, 0.15) is 0 Å². The van der Waals surface area contributed by atoms with E-state index in [-0.39, 0.29) is 6.10 Å². The van der Waals surface area contributed by atoms with Gasteiger partial charge in [0.05, 0.1) is 12.6 Å². The SMILES string of the molecule is CN1CCN(CC(O)CN(C)Cc2nnc(C3CCC3)o2)CC1. The zero-order chi connectivity index (χ0) is 16.2. The maximum Gasteiger partial charge on any atom is 0.230 e. The van der Waals surface area contributed by atoms with Crippen LogP contribution in [0.2, 0.25) is 0 Å². The maximum atomic E-state index is 10.3. The van der Waals surface area contributed by atoms with Gasteiger partial charge in [-0.25, -0.2) is 0 Å². The highest BCUT2D eigenvalue weighted by Gasteiger charge is 2.25. The van der Waals surface area contributed by atoms with Crippen molar-refractivity contribution in [3.8, 4) is 0 Å². The minimum atomic E-state index is -0.350. The van der Waals surface area contributed by atoms with Crippen molar-refractivity contribution in [3.63, 3.8) is 0 Å². The van der Waals surface area contributed by atoms with Gasteiger partial charge in [-0.1, -0.05) is 6.42 Å². The largest absolute Gasteiger partial charge is 0.424 e.